The average molecular weight is 1110 g/mol. The lowest BCUT2D eigenvalue weighted by Gasteiger charge is -2.34. The summed E-state index contributed by atoms with van der Waals surface area (Å²) < 4.78 is 37.3. The Hall–Kier alpha value is -5.74. The standard InChI is InChI=1S/C13H22N4.C12H18F2N4.2C12H19N3.C11H16FN3/c1-2-5-16-6-8-17(9-7-16)11-12-3-4-13(14)15-10-12;13-11(14)9-18-5-3-17(4-6-18)8-10-1-2-12(15)16-7-10;1-10-4-6-15(7-5-10)9-11-2-3-12(13)14-8-11;13-12-6-5-11(9-14-12)10-15-7-3-1-2-4-8-15;12-10-3-5-15(6-4-10)8-9-1-2-11(13)14-7-9/h3-4,10H,2,5-9,11H2,1H3,(H2,14,15);1-2,7,11H,3-6,8-9H2,(H2,15,16);2-3,8,10H,4-7,9H2,1H3,(H2,13,14);5-6,9H,1-4,7-8,10H2,(H2,13,14);1-2,7,10H,3-6,8H2,(H2,13,14). The second-order valence-corrected chi connectivity index (χ2v) is 22.1. The number of anilines is 5. The molecule has 10 rings (SSSR count). The number of nitrogens with zero attached hydrogens (tertiary/aromatic N) is 12. The van der Waals surface area contributed by atoms with E-state index in [1.165, 1.54) is 107 Å². The van der Waals surface area contributed by atoms with Crippen LogP contribution < -0.4 is 28.7 Å². The third-order valence-corrected chi connectivity index (χ3v) is 15.2. The Morgan fingerprint density at radius 2 is 0.688 bits per heavy atom. The molecule has 5 saturated heterocycles. The summed E-state index contributed by atoms with van der Waals surface area (Å²) in [7, 11) is 0. The van der Waals surface area contributed by atoms with E-state index in [1.807, 2.05) is 53.8 Å². The molecule has 20 heteroatoms. The van der Waals surface area contributed by atoms with Crippen LogP contribution in [0.2, 0.25) is 0 Å². The highest BCUT2D eigenvalue weighted by molar-refractivity contribution is 5.32. The van der Waals surface area contributed by atoms with Crippen molar-refractivity contribution in [1.82, 2.24) is 59.2 Å². The second kappa shape index (κ2) is 35.2. The van der Waals surface area contributed by atoms with E-state index in [4.69, 9.17) is 28.7 Å². The SMILES string of the molecule is CC1CCN(Cc2ccc(N)nc2)CC1.CCCN1CCN(Cc2ccc(N)nc2)CC1.Nc1ccc(CN2CCC(F)CC2)cn1.Nc1ccc(CN2CCCCCC2)cn1.Nc1ccc(CN2CCN(CC(F)F)CC2)cn1. The highest BCUT2D eigenvalue weighted by Gasteiger charge is 2.21. The maximum Gasteiger partial charge on any atom is 0.251 e. The minimum atomic E-state index is -2.24. The van der Waals surface area contributed by atoms with Crippen molar-refractivity contribution in [3.63, 3.8) is 0 Å². The number of likely N-dealkylation sites (tertiary alicyclic amines) is 3. The normalized spacial score (nSPS) is 18.8. The number of nitrogen functional groups attached to an aromatic ring is 5. The largest absolute Gasteiger partial charge is 0.384 e. The molecule has 0 radical (unpaired) electrons. The number of alkyl halides is 3. The molecule has 0 aliphatic carbocycles. The van der Waals surface area contributed by atoms with E-state index in [0.29, 0.717) is 55.0 Å². The lowest BCUT2D eigenvalue weighted by atomic mass is 9.99. The fraction of sp³-hybridized carbons (Fsp3) is 0.583. The van der Waals surface area contributed by atoms with Crippen LogP contribution in [0.25, 0.3) is 0 Å². The molecule has 0 saturated carbocycles. The maximum absolute atomic E-state index is 12.9. The molecule has 80 heavy (non-hydrogen) atoms. The summed E-state index contributed by atoms with van der Waals surface area (Å²) in [4.78, 5) is 36.8. The van der Waals surface area contributed by atoms with Crippen LogP contribution in [0.5, 0.6) is 0 Å². The molecule has 5 aromatic heterocycles. The van der Waals surface area contributed by atoms with Gasteiger partial charge in [-0.05, 0) is 142 Å². The van der Waals surface area contributed by atoms with E-state index in [0.717, 1.165) is 89.0 Å². The third kappa shape index (κ3) is 25.4. The summed E-state index contributed by atoms with van der Waals surface area (Å²) >= 11 is 0. The molecule has 5 aromatic rings. The maximum atomic E-state index is 12.9. The van der Waals surface area contributed by atoms with Crippen LogP contribution in [0.3, 0.4) is 0 Å². The van der Waals surface area contributed by atoms with Crippen molar-refractivity contribution >= 4 is 29.1 Å². The Bertz CT molecular complexity index is 2300. The molecular weight excluding hydrogens is 1020 g/mol. The molecule has 0 unspecified atom stereocenters. The van der Waals surface area contributed by atoms with Gasteiger partial charge in [0.15, 0.2) is 0 Å². The molecule has 17 nitrogen and oxygen atoms in total. The number of hydrogen-bond donors (Lipinski definition) is 5. The number of nitrogens with two attached hydrogens (primary N) is 5. The van der Waals surface area contributed by atoms with Gasteiger partial charge in [-0.2, -0.15) is 0 Å². The van der Waals surface area contributed by atoms with Gasteiger partial charge in [0.25, 0.3) is 6.43 Å². The molecule has 5 fully saturated rings. The van der Waals surface area contributed by atoms with Crippen LogP contribution in [0.15, 0.2) is 91.6 Å². The van der Waals surface area contributed by atoms with E-state index in [-0.39, 0.29) is 6.54 Å². The van der Waals surface area contributed by atoms with E-state index >= 15 is 0 Å². The summed E-state index contributed by atoms with van der Waals surface area (Å²) in [5, 5.41) is 0. The minimum absolute atomic E-state index is 0.114. The molecule has 10 heterocycles. The number of hydrogen-bond acceptors (Lipinski definition) is 17. The average Bonchev–Trinajstić information content (AvgIpc) is 3.74. The van der Waals surface area contributed by atoms with Crippen LogP contribution in [0, 0.1) is 5.92 Å². The first-order valence-corrected chi connectivity index (χ1v) is 29.2. The fourth-order valence-electron chi connectivity index (χ4n) is 10.3. The lowest BCUT2D eigenvalue weighted by molar-refractivity contribution is 0.0543. The fourth-order valence-corrected chi connectivity index (χ4v) is 10.3. The topological polar surface area (TPSA) is 217 Å². The monoisotopic (exact) mass is 1110 g/mol. The number of halogens is 3. The van der Waals surface area contributed by atoms with Gasteiger partial charge in [-0.25, -0.2) is 38.1 Å². The van der Waals surface area contributed by atoms with Gasteiger partial charge in [-0.15, -0.1) is 0 Å². The van der Waals surface area contributed by atoms with Crippen molar-refractivity contribution < 1.29 is 13.2 Å². The predicted octanol–water partition coefficient (Wildman–Crippen LogP) is 7.77. The lowest BCUT2D eigenvalue weighted by Crippen LogP contribution is -2.47. The molecule has 10 N–H and O–H groups in total. The Labute approximate surface area is 475 Å². The molecular formula is C60H94F3N17. The van der Waals surface area contributed by atoms with Crippen molar-refractivity contribution in [3.05, 3.63) is 119 Å². The number of piperazine rings is 2. The van der Waals surface area contributed by atoms with Crippen molar-refractivity contribution in [1.29, 1.82) is 0 Å². The van der Waals surface area contributed by atoms with Crippen LogP contribution in [0.4, 0.5) is 42.3 Å². The number of pyridine rings is 5. The van der Waals surface area contributed by atoms with Gasteiger partial charge in [0, 0.05) is 129 Å². The molecule has 0 atom stereocenters. The summed E-state index contributed by atoms with van der Waals surface area (Å²) in [6.45, 7) is 24.7. The van der Waals surface area contributed by atoms with E-state index in [9.17, 15) is 13.2 Å². The summed E-state index contributed by atoms with van der Waals surface area (Å²) in [5.74, 6) is 3.76. The van der Waals surface area contributed by atoms with E-state index in [1.54, 1.807) is 24.5 Å². The smallest absolute Gasteiger partial charge is 0.251 e. The highest BCUT2D eigenvalue weighted by atomic mass is 19.3. The Morgan fingerprint density at radius 1 is 0.400 bits per heavy atom. The van der Waals surface area contributed by atoms with E-state index in [2.05, 4.69) is 86.4 Å². The predicted molar refractivity (Wildman–Crippen MR) is 320 cm³/mol. The molecule has 0 amide bonds. The van der Waals surface area contributed by atoms with Gasteiger partial charge >= 0.3 is 0 Å². The van der Waals surface area contributed by atoms with Crippen LogP contribution >= 0.6 is 0 Å². The first-order chi connectivity index (χ1) is 38.7. The van der Waals surface area contributed by atoms with Gasteiger partial charge in [0.05, 0.1) is 6.54 Å². The number of piperidine rings is 2. The van der Waals surface area contributed by atoms with Crippen molar-refractivity contribution in [2.45, 2.75) is 117 Å². The Kier molecular flexibility index (Phi) is 27.9. The second-order valence-electron chi connectivity index (χ2n) is 22.1. The number of rotatable bonds is 14. The molecule has 0 bridgehead atoms. The van der Waals surface area contributed by atoms with Crippen molar-refractivity contribution in [2.24, 2.45) is 5.92 Å². The first kappa shape index (κ1) is 63.4. The molecule has 0 aromatic carbocycles. The molecule has 5 aliphatic heterocycles. The van der Waals surface area contributed by atoms with Gasteiger partial charge in [0.1, 0.15) is 35.3 Å². The van der Waals surface area contributed by atoms with Crippen LogP contribution in [-0.4, -0.2) is 177 Å². The molecule has 0 spiro atoms. The Balaban J connectivity index is 0.000000162. The first-order valence-electron chi connectivity index (χ1n) is 29.2. The van der Waals surface area contributed by atoms with Crippen LogP contribution in [0.1, 0.15) is 99.5 Å². The summed E-state index contributed by atoms with van der Waals surface area (Å²) in [6.07, 6.45) is 17.0. The van der Waals surface area contributed by atoms with Crippen molar-refractivity contribution in [3.8, 4) is 0 Å². The molecule has 440 valence electrons. The van der Waals surface area contributed by atoms with Gasteiger partial charge in [-0.1, -0.05) is 57.0 Å². The van der Waals surface area contributed by atoms with Crippen molar-refractivity contribution in [2.75, 3.05) is 133 Å². The third-order valence-electron chi connectivity index (χ3n) is 15.2. The Morgan fingerprint density at radius 3 is 0.988 bits per heavy atom. The highest BCUT2D eigenvalue weighted by Crippen LogP contribution is 2.20. The van der Waals surface area contributed by atoms with Gasteiger partial charge in [0.2, 0.25) is 0 Å². The zero-order chi connectivity index (χ0) is 56.9. The van der Waals surface area contributed by atoms with Gasteiger partial charge in [-0.3, -0.25) is 29.4 Å². The molecule has 5 aliphatic rings. The minimum Gasteiger partial charge on any atom is -0.384 e. The van der Waals surface area contributed by atoms with E-state index < -0.39 is 12.6 Å². The number of aromatic nitrogens is 5. The van der Waals surface area contributed by atoms with Crippen LogP contribution in [-0.2, 0) is 32.7 Å². The zero-order valence-corrected chi connectivity index (χ0v) is 48.0. The summed E-state index contributed by atoms with van der Waals surface area (Å²) in [6, 6.07) is 19.4. The zero-order valence-electron chi connectivity index (χ0n) is 48.0. The quantitative estimate of drug-likeness (QED) is 0.0718. The summed E-state index contributed by atoms with van der Waals surface area (Å²) in [5.41, 5.74) is 33.7. The van der Waals surface area contributed by atoms with Gasteiger partial charge < -0.3 is 33.6 Å².